The van der Waals surface area contributed by atoms with Crippen LogP contribution in [0.25, 0.3) is 0 Å². The Morgan fingerprint density at radius 3 is 2.50 bits per heavy atom. The van der Waals surface area contributed by atoms with Crippen molar-refractivity contribution in [2.24, 2.45) is 0 Å². The minimum absolute atomic E-state index is 0.659. The molecule has 2 nitrogen and oxygen atoms in total. The molecule has 0 N–H and O–H groups in total. The van der Waals surface area contributed by atoms with Crippen LogP contribution in [0.3, 0.4) is 0 Å². The molecule has 0 aromatic rings. The monoisotopic (exact) mass is 393 g/mol. The molecule has 0 saturated heterocycles. The molecule has 1 unspecified atom stereocenters. The van der Waals surface area contributed by atoms with Crippen LogP contribution in [0.5, 0.6) is 0 Å². The Labute approximate surface area is 87.7 Å². The maximum absolute atomic E-state index is 5.32. The fourth-order valence-corrected chi connectivity index (χ4v) is 6.59. The van der Waals surface area contributed by atoms with E-state index < -0.39 is 5.69 Å². The van der Waals surface area contributed by atoms with Gasteiger partial charge in [-0.15, -0.1) is 0 Å². The van der Waals surface area contributed by atoms with Crippen molar-refractivity contribution in [2.75, 3.05) is 12.4 Å². The van der Waals surface area contributed by atoms with Gasteiger partial charge in [0.1, 0.15) is 0 Å². The Morgan fingerprint density at radius 2 is 2.20 bits per heavy atom. The Balaban J connectivity index is 3.83. The first-order valence-corrected chi connectivity index (χ1v) is 8.74. The molecular formula is C4H10O2PPbS2. The van der Waals surface area contributed by atoms with E-state index in [-0.39, 0.29) is 0 Å². The third kappa shape index (κ3) is 4.67. The molecule has 0 fully saturated rings. The number of rotatable bonds is 5. The fourth-order valence-electron chi connectivity index (χ4n) is 0.406. The summed E-state index contributed by atoms with van der Waals surface area (Å²) in [4.78, 5) is 0. The van der Waals surface area contributed by atoms with Crippen LogP contribution in [0.1, 0.15) is 13.8 Å². The van der Waals surface area contributed by atoms with E-state index in [2.05, 4.69) is 6.92 Å². The van der Waals surface area contributed by atoms with Crippen LogP contribution in [0.15, 0.2) is 0 Å². The first-order valence-electron chi connectivity index (χ1n) is 2.93. The van der Waals surface area contributed by atoms with Gasteiger partial charge < -0.3 is 0 Å². The molecule has 0 bridgehead atoms. The van der Waals surface area contributed by atoms with Gasteiger partial charge in [0.25, 0.3) is 0 Å². The van der Waals surface area contributed by atoms with Crippen molar-refractivity contribution in [2.45, 2.75) is 13.8 Å². The summed E-state index contributed by atoms with van der Waals surface area (Å²) < 4.78 is 10.5. The normalized spacial score (nSPS) is 16.7. The summed E-state index contributed by atoms with van der Waals surface area (Å²) in [6.07, 6.45) is 0. The number of hydrogen-bond acceptors (Lipinski definition) is 4. The average molecular weight is 392 g/mol. The molecule has 0 aliphatic carbocycles. The van der Waals surface area contributed by atoms with Crippen molar-refractivity contribution in [3.05, 3.63) is 0 Å². The predicted octanol–water partition coefficient (Wildman–Crippen LogP) is 2.10. The Hall–Kier alpha value is 1.84. The Morgan fingerprint density at radius 1 is 1.60 bits per heavy atom. The molecule has 0 saturated carbocycles. The first-order chi connectivity index (χ1) is 4.68. The summed E-state index contributed by atoms with van der Waals surface area (Å²) in [6, 6.07) is 0. The zero-order valence-corrected chi connectivity index (χ0v) is 12.4. The van der Waals surface area contributed by atoms with Gasteiger partial charge in [0, 0.05) is 0 Å². The summed E-state index contributed by atoms with van der Waals surface area (Å²) in [6.45, 7) is 4.66. The maximum atomic E-state index is 5.32. The van der Waals surface area contributed by atoms with Gasteiger partial charge in [0.2, 0.25) is 0 Å². The van der Waals surface area contributed by atoms with Gasteiger partial charge in [0.15, 0.2) is 0 Å². The topological polar surface area (TPSA) is 18.5 Å². The van der Waals surface area contributed by atoms with Gasteiger partial charge in [-0.2, -0.15) is 0 Å². The van der Waals surface area contributed by atoms with Crippen molar-refractivity contribution in [1.82, 2.24) is 0 Å². The molecule has 1 atom stereocenters. The molecule has 10 heavy (non-hydrogen) atoms. The second-order valence-corrected chi connectivity index (χ2v) is 10.0. The molecule has 0 aromatic heterocycles. The fraction of sp³-hybridized carbons (Fsp3) is 1.00. The minimum atomic E-state index is -1.89. The van der Waals surface area contributed by atoms with Gasteiger partial charge in [-0.1, -0.05) is 0 Å². The zero-order valence-electron chi connectivity index (χ0n) is 5.99. The van der Waals surface area contributed by atoms with Gasteiger partial charge in [0.05, 0.1) is 0 Å². The second kappa shape index (κ2) is 6.37. The summed E-state index contributed by atoms with van der Waals surface area (Å²) in [5.74, 6) is 0.972. The van der Waals surface area contributed by atoms with Gasteiger partial charge in [-0.3, -0.25) is 0 Å². The van der Waals surface area contributed by atoms with Crippen LogP contribution >= 0.6 is 17.1 Å². The van der Waals surface area contributed by atoms with E-state index in [9.17, 15) is 0 Å². The van der Waals surface area contributed by atoms with Crippen molar-refractivity contribution in [3.8, 4) is 0 Å². The molecule has 0 aromatic carbocycles. The van der Waals surface area contributed by atoms with E-state index in [0.717, 1.165) is 5.75 Å². The van der Waals surface area contributed by atoms with Crippen molar-refractivity contribution >= 4 is 55.1 Å². The molecule has 3 radical (unpaired) electrons. The number of hydrogen-bond donors (Lipinski definition) is 0. The standard InChI is InChI=1S/C4H11O2PS2.Pb/c1-3-6-7(5,8)9-4-2;/h3-4H2,1-2H3,(H,5,8);/q;+1/p-1. The molecule has 0 aliphatic rings. The summed E-state index contributed by atoms with van der Waals surface area (Å²) in [7, 11) is 0. The van der Waals surface area contributed by atoms with Gasteiger partial charge >= 0.3 is 88.3 Å². The van der Waals surface area contributed by atoms with E-state index in [0.29, 0.717) is 32.8 Å². The van der Waals surface area contributed by atoms with Crippen LogP contribution in [0.2, 0.25) is 0 Å². The van der Waals surface area contributed by atoms with Gasteiger partial charge in [-0.05, 0) is 0 Å². The predicted molar refractivity (Wildman–Crippen MR) is 50.9 cm³/mol. The van der Waals surface area contributed by atoms with Crippen molar-refractivity contribution < 1.29 is 7.00 Å². The quantitative estimate of drug-likeness (QED) is 0.527. The molecule has 59 valence electrons. The third-order valence-corrected chi connectivity index (χ3v) is 11.9. The molecular weight excluding hydrogens is 382 g/mol. The molecule has 0 amide bonds. The average Bonchev–Trinajstić information content (AvgIpc) is 1.89. The SMILES string of the molecule is CCOP(=S)([O][Pb])SCC. The molecule has 0 rings (SSSR count). The van der Waals surface area contributed by atoms with Crippen LogP contribution in [0, 0.1) is 0 Å². The Kier molecular flexibility index (Phi) is 7.54. The third-order valence-electron chi connectivity index (χ3n) is 0.686. The molecule has 0 heterocycles. The van der Waals surface area contributed by atoms with Crippen LogP contribution < -0.4 is 0 Å². The zero-order chi connectivity index (χ0) is 8.04. The van der Waals surface area contributed by atoms with Crippen LogP contribution in [-0.4, -0.2) is 38.6 Å². The van der Waals surface area contributed by atoms with E-state index in [1.807, 2.05) is 6.92 Å². The molecule has 0 aliphatic heterocycles. The van der Waals surface area contributed by atoms with Crippen molar-refractivity contribution in [3.63, 3.8) is 0 Å². The van der Waals surface area contributed by atoms with Crippen LogP contribution in [0.4, 0.5) is 0 Å². The van der Waals surface area contributed by atoms with Crippen LogP contribution in [-0.2, 0) is 18.8 Å². The van der Waals surface area contributed by atoms with Gasteiger partial charge in [-0.25, -0.2) is 0 Å². The second-order valence-electron chi connectivity index (χ2n) is 1.37. The Bertz CT molecular complexity index is 122. The van der Waals surface area contributed by atoms with E-state index >= 15 is 0 Å². The molecule has 6 heteroatoms. The van der Waals surface area contributed by atoms with E-state index in [1.165, 1.54) is 0 Å². The van der Waals surface area contributed by atoms with Crippen molar-refractivity contribution in [1.29, 1.82) is 0 Å². The molecule has 0 spiro atoms. The summed E-state index contributed by atoms with van der Waals surface area (Å²) in [5.41, 5.74) is -1.89. The summed E-state index contributed by atoms with van der Waals surface area (Å²) in [5, 5.41) is 0. The first kappa shape index (κ1) is 11.8. The van der Waals surface area contributed by atoms with E-state index in [1.54, 1.807) is 11.4 Å². The summed E-state index contributed by atoms with van der Waals surface area (Å²) >= 11 is 7.46. The van der Waals surface area contributed by atoms with E-state index in [4.69, 9.17) is 18.8 Å².